The van der Waals surface area contributed by atoms with Gasteiger partial charge in [-0.15, -0.1) is 6.42 Å². The molecule has 0 radical (unpaired) electrons. The van der Waals surface area contributed by atoms with E-state index in [1.807, 2.05) is 19.9 Å². The first-order valence-corrected chi connectivity index (χ1v) is 30.3. The summed E-state index contributed by atoms with van der Waals surface area (Å²) in [5, 5.41) is 0. The maximum atomic E-state index is 11.0. The summed E-state index contributed by atoms with van der Waals surface area (Å²) in [4.78, 5) is 105. The predicted octanol–water partition coefficient (Wildman–Crippen LogP) is 4.96. The van der Waals surface area contributed by atoms with E-state index in [4.69, 9.17) is 11.2 Å². The van der Waals surface area contributed by atoms with E-state index >= 15 is 0 Å². The summed E-state index contributed by atoms with van der Waals surface area (Å²) >= 11 is 0. The predicted molar refractivity (Wildman–Crippen MR) is 245 cm³/mol. The molecule has 0 fully saturated rings. The minimum atomic E-state index is -5.65. The summed E-state index contributed by atoms with van der Waals surface area (Å²) in [5.41, 5.74) is 6.22. The fourth-order valence-electron chi connectivity index (χ4n) is 4.91. The Morgan fingerprint density at radius 3 is 1.04 bits per heavy atom. The Hall–Kier alpha value is -1.59. The highest BCUT2D eigenvalue weighted by atomic mass is 31.3. The topological polar surface area (TPSA) is 392 Å². The monoisotopic (exact) mass is 1110 g/mol. The highest BCUT2D eigenvalue weighted by Crippen LogP contribution is 2.51. The Morgan fingerprint density at radius 2 is 0.757 bits per heavy atom. The van der Waals surface area contributed by atoms with Gasteiger partial charge in [-0.2, -0.15) is 0 Å². The van der Waals surface area contributed by atoms with Gasteiger partial charge in [-0.1, -0.05) is 89.2 Å². The highest BCUT2D eigenvalue weighted by Gasteiger charge is 2.13. The molecular weight excluding hydrogens is 1050 g/mol. The number of phosphoric acid groups is 6. The van der Waals surface area contributed by atoms with Crippen molar-refractivity contribution in [3.63, 3.8) is 0 Å². The molecule has 23 nitrogen and oxygen atoms in total. The van der Waals surface area contributed by atoms with Crippen LogP contribution in [0.5, 0.6) is 0 Å². The van der Waals surface area contributed by atoms with Gasteiger partial charge in [-0.05, 0) is 119 Å². The van der Waals surface area contributed by atoms with Crippen molar-refractivity contribution in [3.05, 3.63) is 69.9 Å². The Balaban J connectivity index is -0.000000964. The highest BCUT2D eigenvalue weighted by molar-refractivity contribution is 7.59. The molecule has 0 N–H and O–H groups in total. The summed E-state index contributed by atoms with van der Waals surface area (Å²) in [7, 11) is -32.3. The minimum absolute atomic E-state index is 0.135. The molecule has 0 aromatic heterocycles. The van der Waals surface area contributed by atoms with Gasteiger partial charge in [-0.3, -0.25) is 26.6 Å². The van der Waals surface area contributed by atoms with Gasteiger partial charge >= 0.3 is 0 Å². The normalized spacial score (nSPS) is 16.2. The van der Waals surface area contributed by atoms with Crippen LogP contribution < -0.4 is 44.0 Å². The van der Waals surface area contributed by atoms with Gasteiger partial charge < -0.3 is 80.8 Å². The zero-order valence-corrected chi connectivity index (χ0v) is 46.2. The number of phosphoric ester groups is 3. The van der Waals surface area contributed by atoms with Crippen LogP contribution >= 0.6 is 46.9 Å². The largest absolute Gasteiger partial charge is 0.790 e. The summed E-state index contributed by atoms with van der Waals surface area (Å²) in [6.07, 6.45) is 26.5. The molecule has 29 heteroatoms. The number of carbonyl (C=O) groups is 1. The number of ether oxygens (including phenoxy) is 1. The molecule has 0 aromatic rings. The Labute approximate surface area is 413 Å². The van der Waals surface area contributed by atoms with E-state index in [1.165, 1.54) is 36.3 Å². The van der Waals surface area contributed by atoms with Gasteiger partial charge in [-0.25, -0.2) is 0 Å². The van der Waals surface area contributed by atoms with E-state index < -0.39 is 60.1 Å². The van der Waals surface area contributed by atoms with Crippen molar-refractivity contribution in [1.82, 2.24) is 0 Å². The molecule has 70 heavy (non-hydrogen) atoms. The van der Waals surface area contributed by atoms with Crippen molar-refractivity contribution in [2.75, 3.05) is 33.0 Å². The zero-order valence-electron chi connectivity index (χ0n) is 40.8. The van der Waals surface area contributed by atoms with Crippen molar-refractivity contribution in [3.8, 4) is 12.3 Å². The van der Waals surface area contributed by atoms with Crippen LogP contribution in [0.4, 0.5) is 0 Å². The van der Waals surface area contributed by atoms with Gasteiger partial charge in [0.2, 0.25) is 0 Å². The molecule has 0 bridgehead atoms. The van der Waals surface area contributed by atoms with Gasteiger partial charge in [0.1, 0.15) is 12.4 Å². The van der Waals surface area contributed by atoms with Crippen molar-refractivity contribution >= 4 is 52.7 Å². The number of carbonyl (C=O) groups excluding carboxylic acids is 1. The van der Waals surface area contributed by atoms with Crippen LogP contribution in [0.25, 0.3) is 0 Å². The number of hydrogen-bond acceptors (Lipinski definition) is 23. The maximum Gasteiger partial charge on any atom is 0.272 e. The molecule has 0 saturated heterocycles. The van der Waals surface area contributed by atoms with Gasteiger partial charge in [0.05, 0.1) is 43.3 Å². The van der Waals surface area contributed by atoms with Gasteiger partial charge in [0, 0.05) is 13.0 Å². The molecule has 0 heterocycles. The van der Waals surface area contributed by atoms with E-state index in [0.29, 0.717) is 45.3 Å². The molecule has 0 aromatic carbocycles. The molecule has 3 atom stereocenters. The van der Waals surface area contributed by atoms with Crippen LogP contribution in [0.15, 0.2) is 69.9 Å². The van der Waals surface area contributed by atoms with Crippen molar-refractivity contribution in [1.29, 1.82) is 0 Å². The lowest BCUT2D eigenvalue weighted by Gasteiger charge is -2.34. The van der Waals surface area contributed by atoms with Crippen LogP contribution in [0.3, 0.4) is 0 Å². The molecule has 408 valence electrons. The zero-order chi connectivity index (χ0) is 54.7. The first-order valence-electron chi connectivity index (χ1n) is 21.5. The second-order valence-electron chi connectivity index (χ2n) is 15.4. The molecule has 0 rings (SSSR count). The van der Waals surface area contributed by atoms with Crippen LogP contribution in [0, 0.1) is 12.3 Å². The molecule has 0 aliphatic heterocycles. The summed E-state index contributed by atoms with van der Waals surface area (Å²) in [6, 6.07) is 0. The molecule has 0 saturated carbocycles. The lowest BCUT2D eigenvalue weighted by Crippen LogP contribution is -2.19. The van der Waals surface area contributed by atoms with Crippen molar-refractivity contribution in [2.45, 2.75) is 139 Å². The molecule has 0 aliphatic carbocycles. The molecule has 0 aliphatic rings. The number of Topliss-reactive ketones (excluding diaryl/α,β-unsaturated/α-hetero) is 1. The number of allylic oxidation sites excluding steroid dienone is 9. The SMILES string of the molecule is C#CCOCCC/C(C)=C/CC/C(C)=C/COP(=O)([O-])OP(=O)([O-])[O-].CC(=O)CC/C(C)=C/CC/C(C)=C/COP(=O)([O-])OP(=O)([O-])[O-].CCCC/C(C)=C/CC/C(C)=C/COP(=O)([O-])OP(=O)([O-])[O-]. The van der Waals surface area contributed by atoms with Crippen molar-refractivity contribution in [2.24, 2.45) is 0 Å². The average molecular weight is 1110 g/mol. The quantitative estimate of drug-likeness (QED) is 0.0350. The van der Waals surface area contributed by atoms with Crippen LogP contribution in [0.2, 0.25) is 0 Å². The average Bonchev–Trinajstić information content (AvgIpc) is 3.16. The third kappa shape index (κ3) is 55.7. The number of rotatable bonds is 35. The Bertz CT molecular complexity index is 2070. The Kier molecular flexibility index (Phi) is 40.4. The van der Waals surface area contributed by atoms with E-state index in [1.54, 1.807) is 20.8 Å². The molecule has 0 spiro atoms. The Morgan fingerprint density at radius 1 is 0.457 bits per heavy atom. The van der Waals surface area contributed by atoms with Crippen LogP contribution in [-0.2, 0) is 63.4 Å². The van der Waals surface area contributed by atoms with Crippen LogP contribution in [0.1, 0.15) is 139 Å². The van der Waals surface area contributed by atoms with Gasteiger partial charge in [0.15, 0.2) is 0 Å². The summed E-state index contributed by atoms with van der Waals surface area (Å²) < 4.78 is 91.7. The summed E-state index contributed by atoms with van der Waals surface area (Å²) in [5.74, 6) is 2.53. The molecular formula is C41H67O23P6-9. The first-order chi connectivity index (χ1) is 32.0. The fourth-order valence-corrected chi connectivity index (χ4v) is 9.19. The van der Waals surface area contributed by atoms with Crippen molar-refractivity contribution < 1.29 is 107 Å². The smallest absolute Gasteiger partial charge is 0.272 e. The fraction of sp³-hybridized carbons (Fsp3) is 0.634. The number of hydrogen-bond donors (Lipinski definition) is 0. The van der Waals surface area contributed by atoms with E-state index in [-0.39, 0.29) is 12.4 Å². The lowest BCUT2D eigenvalue weighted by atomic mass is 10.1. The molecule has 0 amide bonds. The number of ketones is 1. The van der Waals surface area contributed by atoms with E-state index in [2.05, 4.69) is 58.4 Å². The van der Waals surface area contributed by atoms with Crippen LogP contribution in [-0.4, -0.2) is 38.8 Å². The van der Waals surface area contributed by atoms with Gasteiger partial charge in [0.25, 0.3) is 23.5 Å². The molecule has 3 unspecified atom stereocenters. The standard InChI is InChI=1S/C15H26O8P2.C13H24O8P2.C13H26O7P2/c1-4-11-21-12-6-9-14(2)7-5-8-15(3)10-13-22-25(19,20)23-24(16,17)18;1-11(7-8-13(3)14)5-4-6-12(2)9-10-20-23(18,19)21-22(15,16)17;1-4-5-7-12(2)8-6-9-13(3)10-11-19-22(17,18)20-21(14,15)16/h1,7,10H,5-6,8-9,11-13H2,2-3H3,(H,19,20)(H2,16,17,18);5,9H,4,6-8,10H2,1-3H3,(H,18,19)(H2,15,16,17);8,10H,4-7,9,11H2,1-3H3,(H,17,18)(H2,14,15,16)/p-9/b14-7+,15-10+;11-5+,12-9+;12-8+,13-10+. The third-order valence-electron chi connectivity index (χ3n) is 8.53. The second-order valence-corrected chi connectivity index (χ2v) is 23.5. The van der Waals surface area contributed by atoms with E-state index in [0.717, 1.165) is 73.7 Å². The minimum Gasteiger partial charge on any atom is -0.790 e. The first kappa shape index (κ1) is 72.7. The number of unbranched alkanes of at least 4 members (excludes halogenated alkanes) is 1. The lowest BCUT2D eigenvalue weighted by molar-refractivity contribution is -0.342. The maximum absolute atomic E-state index is 11.0. The second kappa shape index (κ2) is 38.9. The number of terminal acetylenes is 1. The summed E-state index contributed by atoms with van der Waals surface area (Å²) in [6.45, 7) is 14.8. The third-order valence-corrected chi connectivity index (χ3v) is 14.7. The van der Waals surface area contributed by atoms with E-state index in [9.17, 15) is 76.2 Å².